The van der Waals surface area contributed by atoms with Gasteiger partial charge in [-0.2, -0.15) is 5.01 Å². The zero-order valence-corrected chi connectivity index (χ0v) is 20.4. The summed E-state index contributed by atoms with van der Waals surface area (Å²) in [6, 6.07) is 22.4. The molecule has 2 heterocycles. The molecule has 3 aromatic carbocycles. The lowest BCUT2D eigenvalue weighted by atomic mass is 9.93. The summed E-state index contributed by atoms with van der Waals surface area (Å²) in [6.45, 7) is 3.38. The molecule has 0 bridgehead atoms. The number of nitrogens with one attached hydrogen (secondary N) is 2. The van der Waals surface area contributed by atoms with Crippen LogP contribution >= 0.6 is 0 Å². The molecule has 0 saturated carbocycles. The van der Waals surface area contributed by atoms with E-state index in [1.165, 1.54) is 16.7 Å². The normalized spacial score (nSPS) is 17.2. The second-order valence-electron chi connectivity index (χ2n) is 9.19. The van der Waals surface area contributed by atoms with Crippen LogP contribution in [0.3, 0.4) is 0 Å². The molecular weight excluding hydrogens is 470 g/mol. The monoisotopic (exact) mass is 495 g/mol. The van der Waals surface area contributed by atoms with E-state index in [0.717, 1.165) is 10.6 Å². The van der Waals surface area contributed by atoms with Gasteiger partial charge in [-0.25, -0.2) is 9.78 Å². The number of hydrogen-bond acceptors (Lipinski definition) is 5. The smallest absolute Gasteiger partial charge is 0.322 e. The molecule has 0 spiro atoms. The number of carbonyl (C=O) groups is 3. The molecule has 1 aliphatic rings. The lowest BCUT2D eigenvalue weighted by molar-refractivity contribution is -0.132. The second kappa shape index (κ2) is 9.34. The van der Waals surface area contributed by atoms with Gasteiger partial charge in [0, 0.05) is 5.56 Å². The zero-order valence-electron chi connectivity index (χ0n) is 20.4. The van der Waals surface area contributed by atoms with Crippen LogP contribution < -0.4 is 16.3 Å². The number of hydrogen-bond donors (Lipinski definition) is 2. The summed E-state index contributed by atoms with van der Waals surface area (Å²) in [5.74, 6) is -0.638. The summed E-state index contributed by atoms with van der Waals surface area (Å²) in [6.07, 6.45) is 0.978. The van der Waals surface area contributed by atoms with Gasteiger partial charge >= 0.3 is 6.03 Å². The molecule has 1 aliphatic heterocycles. The minimum absolute atomic E-state index is 0.213. The first-order valence-corrected chi connectivity index (χ1v) is 11.9. The van der Waals surface area contributed by atoms with E-state index in [1.54, 1.807) is 44.2 Å². The molecule has 4 amide bonds. The number of carbonyl (C=O) groups excluding carboxylic acids is 3. The molecule has 1 saturated heterocycles. The highest BCUT2D eigenvalue weighted by atomic mass is 16.2. The van der Waals surface area contributed by atoms with Crippen LogP contribution in [-0.2, 0) is 11.2 Å². The third-order valence-corrected chi connectivity index (χ3v) is 6.56. The summed E-state index contributed by atoms with van der Waals surface area (Å²) < 4.78 is 1.47. The predicted molar refractivity (Wildman–Crippen MR) is 138 cm³/mol. The molecule has 37 heavy (non-hydrogen) atoms. The van der Waals surface area contributed by atoms with Crippen molar-refractivity contribution in [3.8, 4) is 5.69 Å². The maximum absolute atomic E-state index is 13.0. The van der Waals surface area contributed by atoms with Gasteiger partial charge in [0.2, 0.25) is 0 Å². The van der Waals surface area contributed by atoms with Crippen molar-refractivity contribution < 1.29 is 14.4 Å². The fourth-order valence-electron chi connectivity index (χ4n) is 4.47. The van der Waals surface area contributed by atoms with Crippen molar-refractivity contribution in [2.75, 3.05) is 0 Å². The van der Waals surface area contributed by atoms with Gasteiger partial charge in [0.1, 0.15) is 11.4 Å². The Hall–Kier alpha value is -4.79. The Morgan fingerprint density at radius 1 is 0.946 bits per heavy atom. The van der Waals surface area contributed by atoms with Crippen LogP contribution in [0.15, 0.2) is 83.7 Å². The first kappa shape index (κ1) is 23.9. The highest BCUT2D eigenvalue weighted by molar-refractivity contribution is 6.09. The Labute approximate surface area is 212 Å². The number of rotatable bonds is 6. The Kier molecular flexibility index (Phi) is 6.04. The van der Waals surface area contributed by atoms with Crippen LogP contribution in [0.25, 0.3) is 16.6 Å². The standard InChI is InChI=1S/C28H25N5O4/c1-18-29-23-11-7-6-10-22(23)25(35)32(18)21-14-12-20(13-15-21)24(34)31-33-26(36)28(2,30-27(33)37)17-16-19-8-4-3-5-9-19/h3-15H,16-17H2,1-2H3,(H,30,37)(H,31,34). The van der Waals surface area contributed by atoms with Gasteiger partial charge in [-0.15, -0.1) is 0 Å². The van der Waals surface area contributed by atoms with E-state index in [2.05, 4.69) is 15.7 Å². The molecule has 5 rings (SSSR count). The van der Waals surface area contributed by atoms with Crippen molar-refractivity contribution in [3.63, 3.8) is 0 Å². The van der Waals surface area contributed by atoms with Crippen LogP contribution in [0.4, 0.5) is 4.79 Å². The molecule has 186 valence electrons. The molecule has 9 nitrogen and oxygen atoms in total. The topological polar surface area (TPSA) is 113 Å². The Morgan fingerprint density at radius 3 is 2.35 bits per heavy atom. The molecule has 0 radical (unpaired) electrons. The maximum Gasteiger partial charge on any atom is 0.344 e. The van der Waals surface area contributed by atoms with Gasteiger partial charge in [-0.05, 0) is 68.7 Å². The average Bonchev–Trinajstić information content (AvgIpc) is 3.11. The highest BCUT2D eigenvalue weighted by Gasteiger charge is 2.48. The molecule has 1 atom stereocenters. The molecule has 1 fully saturated rings. The second-order valence-corrected chi connectivity index (χ2v) is 9.19. The van der Waals surface area contributed by atoms with Crippen molar-refractivity contribution in [3.05, 3.63) is 106 Å². The fraction of sp³-hybridized carbons (Fsp3) is 0.179. The summed E-state index contributed by atoms with van der Waals surface area (Å²) in [5.41, 5.74) is 3.48. The number of para-hydroxylation sites is 1. The molecule has 9 heteroatoms. The molecule has 1 unspecified atom stereocenters. The highest BCUT2D eigenvalue weighted by Crippen LogP contribution is 2.22. The third kappa shape index (κ3) is 4.47. The largest absolute Gasteiger partial charge is 0.344 e. The number of urea groups is 1. The number of amides is 4. The molecular formula is C28H25N5O4. The van der Waals surface area contributed by atoms with Crippen molar-refractivity contribution >= 4 is 28.7 Å². The van der Waals surface area contributed by atoms with Crippen LogP contribution in [0.5, 0.6) is 0 Å². The average molecular weight is 496 g/mol. The number of imide groups is 1. The Bertz CT molecular complexity index is 1580. The van der Waals surface area contributed by atoms with Gasteiger partial charge in [0.25, 0.3) is 17.4 Å². The first-order chi connectivity index (χ1) is 17.8. The Balaban J connectivity index is 1.31. The minimum atomic E-state index is -1.13. The molecule has 4 aromatic rings. The molecule has 2 N–H and O–H groups in total. The van der Waals surface area contributed by atoms with E-state index in [0.29, 0.717) is 35.3 Å². The van der Waals surface area contributed by atoms with E-state index in [9.17, 15) is 19.2 Å². The van der Waals surface area contributed by atoms with Crippen molar-refractivity contribution in [2.45, 2.75) is 32.2 Å². The van der Waals surface area contributed by atoms with Gasteiger partial charge in [0.15, 0.2) is 0 Å². The molecule has 0 aliphatic carbocycles. The van der Waals surface area contributed by atoms with Gasteiger partial charge in [-0.3, -0.25) is 24.4 Å². The predicted octanol–water partition coefficient (Wildman–Crippen LogP) is 3.28. The number of aryl methyl sites for hydroxylation is 2. The van der Waals surface area contributed by atoms with Gasteiger partial charge in [0.05, 0.1) is 16.6 Å². The van der Waals surface area contributed by atoms with Crippen molar-refractivity contribution in [2.24, 2.45) is 0 Å². The van der Waals surface area contributed by atoms with Crippen molar-refractivity contribution in [1.82, 2.24) is 25.3 Å². The van der Waals surface area contributed by atoms with E-state index in [-0.39, 0.29) is 11.1 Å². The van der Waals surface area contributed by atoms with Gasteiger partial charge < -0.3 is 5.32 Å². The lowest BCUT2D eigenvalue weighted by Gasteiger charge is -2.21. The number of benzene rings is 3. The first-order valence-electron chi connectivity index (χ1n) is 11.9. The minimum Gasteiger partial charge on any atom is -0.322 e. The molecule has 1 aromatic heterocycles. The number of hydrazine groups is 1. The Morgan fingerprint density at radius 2 is 1.62 bits per heavy atom. The fourth-order valence-corrected chi connectivity index (χ4v) is 4.47. The summed E-state index contributed by atoms with van der Waals surface area (Å²) >= 11 is 0. The van der Waals surface area contributed by atoms with E-state index >= 15 is 0 Å². The third-order valence-electron chi connectivity index (χ3n) is 6.56. The summed E-state index contributed by atoms with van der Waals surface area (Å²) in [4.78, 5) is 56.0. The van der Waals surface area contributed by atoms with Crippen LogP contribution in [0, 0.1) is 6.92 Å². The maximum atomic E-state index is 13.0. The quantitative estimate of drug-likeness (QED) is 0.399. The van der Waals surface area contributed by atoms with E-state index < -0.39 is 23.4 Å². The number of fused-ring (bicyclic) bond motifs is 1. The van der Waals surface area contributed by atoms with Crippen molar-refractivity contribution in [1.29, 1.82) is 0 Å². The number of nitrogens with zero attached hydrogens (tertiary/aromatic N) is 3. The van der Waals surface area contributed by atoms with Gasteiger partial charge in [-0.1, -0.05) is 42.5 Å². The van der Waals surface area contributed by atoms with E-state index in [4.69, 9.17) is 0 Å². The summed E-state index contributed by atoms with van der Waals surface area (Å²) in [5, 5.41) is 3.91. The number of aromatic nitrogens is 2. The SMILES string of the molecule is Cc1nc2ccccc2c(=O)n1-c1ccc(C(=O)NN2C(=O)NC(C)(CCc3ccccc3)C2=O)cc1. The summed E-state index contributed by atoms with van der Waals surface area (Å²) in [7, 11) is 0. The van der Waals surface area contributed by atoms with E-state index in [1.807, 2.05) is 36.4 Å². The van der Waals surface area contributed by atoms with Crippen LogP contribution in [-0.4, -0.2) is 37.9 Å². The lowest BCUT2D eigenvalue weighted by Crippen LogP contribution is -2.48. The zero-order chi connectivity index (χ0) is 26.2. The van der Waals surface area contributed by atoms with Crippen LogP contribution in [0.2, 0.25) is 0 Å². The van der Waals surface area contributed by atoms with Crippen LogP contribution in [0.1, 0.15) is 35.1 Å².